The first-order valence-electron chi connectivity index (χ1n) is 5.46. The van der Waals surface area contributed by atoms with Gasteiger partial charge in [0, 0.05) is 12.2 Å². The van der Waals surface area contributed by atoms with Gasteiger partial charge in [0.15, 0.2) is 0 Å². The van der Waals surface area contributed by atoms with Crippen LogP contribution in [0.5, 0.6) is 0 Å². The van der Waals surface area contributed by atoms with Crippen LogP contribution in [0.1, 0.15) is 26.2 Å². The Morgan fingerprint density at radius 3 is 2.44 bits per heavy atom. The summed E-state index contributed by atoms with van der Waals surface area (Å²) in [5, 5.41) is 0. The Kier molecular flexibility index (Phi) is 5.28. The molecule has 0 aliphatic rings. The maximum absolute atomic E-state index is 11.5. The SMILES string of the molecule is CCCCCNS(=O)(=O)Nc1ccccc1. The van der Waals surface area contributed by atoms with Crippen LogP contribution in [0, 0.1) is 0 Å². The van der Waals surface area contributed by atoms with Crippen LogP contribution >= 0.6 is 0 Å². The summed E-state index contributed by atoms with van der Waals surface area (Å²) in [6, 6.07) is 8.84. The summed E-state index contributed by atoms with van der Waals surface area (Å²) >= 11 is 0. The summed E-state index contributed by atoms with van der Waals surface area (Å²) in [6.45, 7) is 2.56. The van der Waals surface area contributed by atoms with Gasteiger partial charge in [-0.05, 0) is 18.6 Å². The molecule has 0 saturated heterocycles. The summed E-state index contributed by atoms with van der Waals surface area (Å²) in [5.74, 6) is 0. The van der Waals surface area contributed by atoms with Crippen molar-refractivity contribution in [2.45, 2.75) is 26.2 Å². The van der Waals surface area contributed by atoms with Crippen molar-refractivity contribution in [3.63, 3.8) is 0 Å². The zero-order chi connectivity index (χ0) is 11.9. The molecule has 0 spiro atoms. The number of nitrogens with one attached hydrogen (secondary N) is 2. The van der Waals surface area contributed by atoms with E-state index in [1.54, 1.807) is 24.3 Å². The molecule has 1 aromatic rings. The van der Waals surface area contributed by atoms with Gasteiger partial charge in [0.05, 0.1) is 0 Å². The summed E-state index contributed by atoms with van der Waals surface area (Å²) in [5.41, 5.74) is 0.575. The molecule has 0 unspecified atom stereocenters. The first-order chi connectivity index (χ1) is 7.64. The Morgan fingerprint density at radius 2 is 1.81 bits per heavy atom. The van der Waals surface area contributed by atoms with Gasteiger partial charge < -0.3 is 0 Å². The van der Waals surface area contributed by atoms with Crippen molar-refractivity contribution in [2.24, 2.45) is 0 Å². The topological polar surface area (TPSA) is 58.2 Å². The number of rotatable bonds is 7. The number of hydrogen-bond donors (Lipinski definition) is 2. The summed E-state index contributed by atoms with van der Waals surface area (Å²) in [7, 11) is -3.42. The van der Waals surface area contributed by atoms with Crippen LogP contribution in [0.15, 0.2) is 30.3 Å². The van der Waals surface area contributed by atoms with Crippen LogP contribution in [0.25, 0.3) is 0 Å². The molecule has 0 aromatic heterocycles. The van der Waals surface area contributed by atoms with E-state index in [-0.39, 0.29) is 0 Å². The van der Waals surface area contributed by atoms with E-state index >= 15 is 0 Å². The quantitative estimate of drug-likeness (QED) is 0.720. The standard InChI is InChI=1S/C11H18N2O2S/c1-2-3-7-10-12-16(14,15)13-11-8-5-4-6-9-11/h4-6,8-9,12-13H,2-3,7,10H2,1H3. The predicted octanol–water partition coefficient (Wildman–Crippen LogP) is 2.12. The van der Waals surface area contributed by atoms with E-state index in [1.165, 1.54) is 0 Å². The van der Waals surface area contributed by atoms with Crippen molar-refractivity contribution in [1.82, 2.24) is 4.72 Å². The van der Waals surface area contributed by atoms with Gasteiger partial charge in [-0.15, -0.1) is 0 Å². The first-order valence-corrected chi connectivity index (χ1v) is 6.95. The molecule has 1 aromatic carbocycles. The minimum Gasteiger partial charge on any atom is -0.271 e. The fourth-order valence-electron chi connectivity index (χ4n) is 1.28. The van der Waals surface area contributed by atoms with E-state index in [1.807, 2.05) is 6.07 Å². The van der Waals surface area contributed by atoms with Gasteiger partial charge >= 0.3 is 0 Å². The number of anilines is 1. The van der Waals surface area contributed by atoms with Gasteiger partial charge in [-0.25, -0.2) is 0 Å². The van der Waals surface area contributed by atoms with Crippen molar-refractivity contribution >= 4 is 15.9 Å². The average molecular weight is 242 g/mol. The minimum absolute atomic E-state index is 0.482. The maximum atomic E-state index is 11.5. The molecule has 4 nitrogen and oxygen atoms in total. The molecule has 0 aliphatic heterocycles. The van der Waals surface area contributed by atoms with Crippen molar-refractivity contribution < 1.29 is 8.42 Å². The second-order valence-corrected chi connectivity index (χ2v) is 5.07. The van der Waals surface area contributed by atoms with Gasteiger partial charge in [-0.1, -0.05) is 38.0 Å². The molecule has 2 N–H and O–H groups in total. The zero-order valence-electron chi connectivity index (χ0n) is 9.44. The van der Waals surface area contributed by atoms with Gasteiger partial charge in [0.1, 0.15) is 0 Å². The molecule has 0 aliphatic carbocycles. The highest BCUT2D eigenvalue weighted by Gasteiger charge is 2.07. The Labute approximate surface area is 97.3 Å². The number of unbranched alkanes of at least 4 members (excludes halogenated alkanes) is 2. The third-order valence-electron chi connectivity index (χ3n) is 2.10. The Hall–Kier alpha value is -1.07. The highest BCUT2D eigenvalue weighted by Crippen LogP contribution is 2.06. The van der Waals surface area contributed by atoms with Crippen LogP contribution in [0.2, 0.25) is 0 Å². The van der Waals surface area contributed by atoms with E-state index in [9.17, 15) is 8.42 Å². The Morgan fingerprint density at radius 1 is 1.12 bits per heavy atom. The highest BCUT2D eigenvalue weighted by atomic mass is 32.2. The second-order valence-electron chi connectivity index (χ2n) is 3.57. The van der Waals surface area contributed by atoms with Gasteiger partial charge in [-0.3, -0.25) is 4.72 Å². The average Bonchev–Trinajstić information content (AvgIpc) is 2.25. The fourth-order valence-corrected chi connectivity index (χ4v) is 2.21. The molecule has 1 rings (SSSR count). The molecule has 90 valence electrons. The Balaban J connectivity index is 2.40. The van der Waals surface area contributed by atoms with Crippen molar-refractivity contribution in [3.8, 4) is 0 Å². The normalized spacial score (nSPS) is 11.3. The van der Waals surface area contributed by atoms with Gasteiger partial charge in [0.25, 0.3) is 10.2 Å². The van der Waals surface area contributed by atoms with Crippen LogP contribution < -0.4 is 9.44 Å². The molecule has 0 saturated carbocycles. The van der Waals surface area contributed by atoms with Crippen LogP contribution in [0.3, 0.4) is 0 Å². The summed E-state index contributed by atoms with van der Waals surface area (Å²) in [4.78, 5) is 0. The fraction of sp³-hybridized carbons (Fsp3) is 0.455. The third kappa shape index (κ3) is 5.14. The van der Waals surface area contributed by atoms with Crippen molar-refractivity contribution in [1.29, 1.82) is 0 Å². The highest BCUT2D eigenvalue weighted by molar-refractivity contribution is 7.90. The lowest BCUT2D eigenvalue weighted by Crippen LogP contribution is -2.30. The molecule has 0 amide bonds. The van der Waals surface area contributed by atoms with Gasteiger partial charge in [-0.2, -0.15) is 13.1 Å². The van der Waals surface area contributed by atoms with Crippen LogP contribution in [-0.2, 0) is 10.2 Å². The zero-order valence-corrected chi connectivity index (χ0v) is 10.3. The van der Waals surface area contributed by atoms with Crippen molar-refractivity contribution in [3.05, 3.63) is 30.3 Å². The van der Waals surface area contributed by atoms with Crippen LogP contribution in [0.4, 0.5) is 5.69 Å². The van der Waals surface area contributed by atoms with E-state index in [0.29, 0.717) is 12.2 Å². The van der Waals surface area contributed by atoms with E-state index in [0.717, 1.165) is 19.3 Å². The largest absolute Gasteiger partial charge is 0.299 e. The lowest BCUT2D eigenvalue weighted by Gasteiger charge is -2.08. The molecular weight excluding hydrogens is 224 g/mol. The second kappa shape index (κ2) is 6.50. The first kappa shape index (κ1) is 13.0. The summed E-state index contributed by atoms with van der Waals surface area (Å²) in [6.07, 6.45) is 2.98. The van der Waals surface area contributed by atoms with E-state index in [4.69, 9.17) is 0 Å². The van der Waals surface area contributed by atoms with E-state index in [2.05, 4.69) is 16.4 Å². The lowest BCUT2D eigenvalue weighted by molar-refractivity contribution is 0.581. The molecule has 16 heavy (non-hydrogen) atoms. The number of para-hydroxylation sites is 1. The Bertz CT molecular complexity index is 390. The molecule has 0 fully saturated rings. The number of hydrogen-bond acceptors (Lipinski definition) is 2. The minimum atomic E-state index is -3.42. The van der Waals surface area contributed by atoms with Crippen molar-refractivity contribution in [2.75, 3.05) is 11.3 Å². The van der Waals surface area contributed by atoms with E-state index < -0.39 is 10.2 Å². The molecule has 0 atom stereocenters. The third-order valence-corrected chi connectivity index (χ3v) is 3.19. The predicted molar refractivity (Wildman–Crippen MR) is 66.5 cm³/mol. The molecule has 5 heteroatoms. The van der Waals surface area contributed by atoms with Gasteiger partial charge in [0.2, 0.25) is 0 Å². The lowest BCUT2D eigenvalue weighted by atomic mass is 10.3. The maximum Gasteiger partial charge on any atom is 0.299 e. The monoisotopic (exact) mass is 242 g/mol. The van der Waals surface area contributed by atoms with Crippen LogP contribution in [-0.4, -0.2) is 15.0 Å². The molecule has 0 bridgehead atoms. The number of benzene rings is 1. The summed E-state index contributed by atoms with van der Waals surface area (Å²) < 4.78 is 28.0. The molecule has 0 heterocycles. The molecule has 0 radical (unpaired) electrons. The molecular formula is C11H18N2O2S. The smallest absolute Gasteiger partial charge is 0.271 e.